The molecule has 0 spiro atoms. The van der Waals surface area contributed by atoms with Gasteiger partial charge in [0.15, 0.2) is 0 Å². The summed E-state index contributed by atoms with van der Waals surface area (Å²) in [5, 5.41) is 20.1. The fraction of sp³-hybridized carbons (Fsp3) is 0.333. The van der Waals surface area contributed by atoms with E-state index in [0.717, 1.165) is 16.9 Å². The predicted molar refractivity (Wildman–Crippen MR) is 123 cm³/mol. The molecule has 3 N–H and O–H groups in total. The van der Waals surface area contributed by atoms with Crippen LogP contribution in [0.4, 0.5) is 13.2 Å². The zero-order chi connectivity index (χ0) is 24.9. The van der Waals surface area contributed by atoms with Crippen LogP contribution in [-0.4, -0.2) is 34.8 Å². The number of allylic oxidation sites excluding steroid dienone is 7. The second kappa shape index (κ2) is 14.0. The first-order valence-electron chi connectivity index (χ1n) is 10.1. The number of terminal acetylenes is 1. The summed E-state index contributed by atoms with van der Waals surface area (Å²) in [4.78, 5) is 23.5. The molecule has 9 heteroatoms. The lowest BCUT2D eigenvalue weighted by atomic mass is 9.95. The first-order valence-corrected chi connectivity index (χ1v) is 10.9. The third-order valence-electron chi connectivity index (χ3n) is 4.33. The highest BCUT2D eigenvalue weighted by atomic mass is 32.1. The highest BCUT2D eigenvalue weighted by Gasteiger charge is 2.37. The Balaban J connectivity index is 0.000000335. The molecular weight excluding hydrogens is 455 g/mol. The van der Waals surface area contributed by atoms with Crippen molar-refractivity contribution in [1.82, 2.24) is 5.32 Å². The lowest BCUT2D eigenvalue weighted by molar-refractivity contribution is -0.160. The van der Waals surface area contributed by atoms with Crippen LogP contribution in [0.1, 0.15) is 40.7 Å². The van der Waals surface area contributed by atoms with Crippen LogP contribution in [0.15, 0.2) is 59.9 Å². The maximum atomic E-state index is 12.4. The van der Waals surface area contributed by atoms with Crippen molar-refractivity contribution in [2.24, 2.45) is 5.92 Å². The van der Waals surface area contributed by atoms with E-state index in [0.29, 0.717) is 11.3 Å². The molecule has 1 aliphatic rings. The summed E-state index contributed by atoms with van der Waals surface area (Å²) in [5.41, 5.74) is 0.792. The maximum Gasteiger partial charge on any atom is 0.395 e. The molecule has 1 unspecified atom stereocenters. The highest BCUT2D eigenvalue weighted by Crippen LogP contribution is 2.33. The molecule has 1 aliphatic carbocycles. The summed E-state index contributed by atoms with van der Waals surface area (Å²) < 4.78 is 37.1. The van der Waals surface area contributed by atoms with Gasteiger partial charge in [-0.15, -0.1) is 17.8 Å². The van der Waals surface area contributed by atoms with Crippen molar-refractivity contribution >= 4 is 23.2 Å². The van der Waals surface area contributed by atoms with E-state index < -0.39 is 18.1 Å². The van der Waals surface area contributed by atoms with Crippen molar-refractivity contribution in [1.29, 1.82) is 0 Å². The van der Waals surface area contributed by atoms with Gasteiger partial charge in [0.05, 0.1) is 17.2 Å². The highest BCUT2D eigenvalue weighted by molar-refractivity contribution is 7.14. The summed E-state index contributed by atoms with van der Waals surface area (Å²) in [6, 6.07) is 3.68. The Hall–Kier alpha value is -3.25. The molecule has 0 saturated carbocycles. The number of aryl methyl sites for hydroxylation is 1. The first-order chi connectivity index (χ1) is 15.6. The van der Waals surface area contributed by atoms with Crippen LogP contribution in [0.5, 0.6) is 0 Å². The van der Waals surface area contributed by atoms with Crippen molar-refractivity contribution in [2.75, 3.05) is 6.54 Å². The van der Waals surface area contributed by atoms with E-state index in [1.54, 1.807) is 18.2 Å². The second-order valence-corrected chi connectivity index (χ2v) is 8.05. The van der Waals surface area contributed by atoms with Crippen LogP contribution in [0.2, 0.25) is 0 Å². The van der Waals surface area contributed by atoms with Crippen molar-refractivity contribution in [3.8, 4) is 12.3 Å². The number of carbonyl (C=O) groups excluding carboxylic acids is 1. The Labute approximate surface area is 195 Å². The fourth-order valence-electron chi connectivity index (χ4n) is 2.57. The van der Waals surface area contributed by atoms with Gasteiger partial charge in [-0.3, -0.25) is 9.59 Å². The quantitative estimate of drug-likeness (QED) is 0.257. The zero-order valence-corrected chi connectivity index (χ0v) is 18.9. The smallest absolute Gasteiger partial charge is 0.395 e. The van der Waals surface area contributed by atoms with E-state index in [1.165, 1.54) is 35.6 Å². The molecule has 2 rings (SSSR count). The van der Waals surface area contributed by atoms with Gasteiger partial charge in [0, 0.05) is 17.5 Å². The monoisotopic (exact) mass is 481 g/mol. The fourth-order valence-corrected chi connectivity index (χ4v) is 3.43. The van der Waals surface area contributed by atoms with E-state index >= 15 is 0 Å². The van der Waals surface area contributed by atoms with Gasteiger partial charge in [-0.25, -0.2) is 0 Å². The van der Waals surface area contributed by atoms with Gasteiger partial charge in [0.25, 0.3) is 5.91 Å². The Morgan fingerprint density at radius 2 is 2.06 bits per heavy atom. The van der Waals surface area contributed by atoms with Crippen LogP contribution in [0.25, 0.3) is 0 Å². The standard InChI is InChI=1S/C14H13F3O.C10H13NO3S/c1-2-4-13(18)6-3-5-11-7-9-12(10-8-11)14(15,16)17;1-2-7-3-4-8(15-7)10(14)11-6-5-9(12)13/h1,3-4,6-9,12,18H,5,10H2;3-4H,2,5-6H2,1H3,(H,11,14)(H,12,13)/b6-3-,13-4+;. The third kappa shape index (κ3) is 11.3. The van der Waals surface area contributed by atoms with Crippen molar-refractivity contribution < 1.29 is 33.0 Å². The Morgan fingerprint density at radius 3 is 2.58 bits per heavy atom. The first kappa shape index (κ1) is 27.8. The Bertz CT molecular complexity index is 965. The van der Waals surface area contributed by atoms with Crippen LogP contribution in [0, 0.1) is 18.3 Å². The number of aliphatic carboxylic acids is 1. The van der Waals surface area contributed by atoms with Gasteiger partial charge in [-0.05, 0) is 43.0 Å². The SMILES string of the molecule is C#C/C=C(O)\C=C/CC1=CCC(C(F)(F)F)C=C1.CCc1ccc(C(=O)NCCC(=O)O)s1. The number of aliphatic hydroxyl groups excluding tert-OH is 1. The molecule has 0 saturated heterocycles. The minimum atomic E-state index is -4.18. The average molecular weight is 482 g/mol. The Morgan fingerprint density at radius 1 is 1.33 bits per heavy atom. The van der Waals surface area contributed by atoms with E-state index in [4.69, 9.17) is 11.5 Å². The lowest BCUT2D eigenvalue weighted by Crippen LogP contribution is -2.25. The van der Waals surface area contributed by atoms with Crippen molar-refractivity contribution in [3.63, 3.8) is 0 Å². The molecule has 1 aromatic rings. The number of carboxylic acid groups (broad SMARTS) is 1. The molecule has 0 aliphatic heterocycles. The molecule has 0 bridgehead atoms. The molecule has 1 aromatic heterocycles. The minimum absolute atomic E-state index is 0.0324. The van der Waals surface area contributed by atoms with Crippen molar-refractivity contribution in [3.05, 3.63) is 69.7 Å². The number of aliphatic hydroxyl groups is 1. The minimum Gasteiger partial charge on any atom is -0.507 e. The topological polar surface area (TPSA) is 86.6 Å². The van der Waals surface area contributed by atoms with Crippen molar-refractivity contribution in [2.45, 2.75) is 38.8 Å². The van der Waals surface area contributed by atoms with Gasteiger partial charge in [0.2, 0.25) is 0 Å². The number of hydrogen-bond acceptors (Lipinski definition) is 4. The molecule has 1 amide bonds. The number of amides is 1. The molecule has 178 valence electrons. The lowest BCUT2D eigenvalue weighted by Gasteiger charge is -2.18. The largest absolute Gasteiger partial charge is 0.507 e. The molecule has 0 fully saturated rings. The molecule has 0 radical (unpaired) electrons. The number of nitrogens with one attached hydrogen (secondary N) is 1. The van der Waals surface area contributed by atoms with Gasteiger partial charge in [-0.2, -0.15) is 13.2 Å². The molecule has 5 nitrogen and oxygen atoms in total. The van der Waals surface area contributed by atoms with Crippen LogP contribution >= 0.6 is 11.3 Å². The van der Waals surface area contributed by atoms with E-state index in [9.17, 15) is 27.9 Å². The number of halogens is 3. The van der Waals surface area contributed by atoms with E-state index in [-0.39, 0.29) is 31.1 Å². The van der Waals surface area contributed by atoms with Gasteiger partial charge >= 0.3 is 12.1 Å². The van der Waals surface area contributed by atoms with Crippen LogP contribution in [0.3, 0.4) is 0 Å². The zero-order valence-electron chi connectivity index (χ0n) is 18.1. The summed E-state index contributed by atoms with van der Waals surface area (Å²) in [7, 11) is 0. The second-order valence-electron chi connectivity index (χ2n) is 6.88. The number of thiophene rings is 1. The van der Waals surface area contributed by atoms with Gasteiger partial charge in [-0.1, -0.05) is 37.1 Å². The predicted octanol–water partition coefficient (Wildman–Crippen LogP) is 5.59. The average Bonchev–Trinajstić information content (AvgIpc) is 3.23. The molecule has 1 heterocycles. The van der Waals surface area contributed by atoms with Gasteiger partial charge < -0.3 is 15.5 Å². The third-order valence-corrected chi connectivity index (χ3v) is 5.56. The molecule has 33 heavy (non-hydrogen) atoms. The number of carbonyl (C=O) groups is 2. The molecule has 1 atom stereocenters. The summed E-state index contributed by atoms with van der Waals surface area (Å²) >= 11 is 1.44. The number of carboxylic acids is 1. The molecule has 0 aromatic carbocycles. The van der Waals surface area contributed by atoms with E-state index in [1.807, 2.05) is 13.0 Å². The molecular formula is C24H26F3NO4S. The summed E-state index contributed by atoms with van der Waals surface area (Å²) in [6.07, 6.45) is 10.5. The van der Waals surface area contributed by atoms with Crippen LogP contribution < -0.4 is 5.32 Å². The number of alkyl halides is 3. The van der Waals surface area contributed by atoms with E-state index in [2.05, 4.69) is 11.2 Å². The summed E-state index contributed by atoms with van der Waals surface area (Å²) in [5.74, 6) is -0.378. The number of rotatable bonds is 8. The number of hydrogen-bond donors (Lipinski definition) is 3. The Kier molecular flexibility index (Phi) is 11.8. The van der Waals surface area contributed by atoms with Gasteiger partial charge in [0.1, 0.15) is 5.76 Å². The van der Waals surface area contributed by atoms with Crippen LogP contribution in [-0.2, 0) is 11.2 Å². The normalized spacial score (nSPS) is 15.9. The summed E-state index contributed by atoms with van der Waals surface area (Å²) in [6.45, 7) is 2.20. The maximum absolute atomic E-state index is 12.4.